The fourth-order valence-electron chi connectivity index (χ4n) is 1.96. The lowest BCUT2D eigenvalue weighted by Crippen LogP contribution is -2.36. The molecule has 0 bridgehead atoms. The number of ether oxygens (including phenoxy) is 1. The summed E-state index contributed by atoms with van der Waals surface area (Å²) in [7, 11) is 1.49. The SMILES string of the molecule is COc1cccc(C(NC(=O)Nc2ccccc2Br)C(=O)O)c1. The van der Waals surface area contributed by atoms with Gasteiger partial charge in [0.2, 0.25) is 0 Å². The topological polar surface area (TPSA) is 87.7 Å². The van der Waals surface area contributed by atoms with Crippen LogP contribution in [0.2, 0.25) is 0 Å². The number of nitrogens with one attached hydrogen (secondary N) is 2. The summed E-state index contributed by atoms with van der Waals surface area (Å²) in [6.45, 7) is 0. The van der Waals surface area contributed by atoms with Crippen LogP contribution in [-0.4, -0.2) is 24.2 Å². The van der Waals surface area contributed by atoms with Crippen molar-refractivity contribution in [2.45, 2.75) is 6.04 Å². The number of anilines is 1. The first-order valence-electron chi connectivity index (χ1n) is 6.70. The minimum absolute atomic E-state index is 0.416. The number of amides is 2. The van der Waals surface area contributed by atoms with E-state index in [2.05, 4.69) is 26.6 Å². The highest BCUT2D eigenvalue weighted by Gasteiger charge is 2.22. The van der Waals surface area contributed by atoms with E-state index in [0.29, 0.717) is 21.5 Å². The number of halogens is 1. The molecule has 0 aliphatic carbocycles. The molecule has 2 rings (SSSR count). The number of aliphatic carboxylic acids is 1. The molecule has 0 saturated heterocycles. The van der Waals surface area contributed by atoms with E-state index in [1.165, 1.54) is 7.11 Å². The number of hydrogen-bond acceptors (Lipinski definition) is 3. The Kier molecular flexibility index (Phi) is 5.59. The fraction of sp³-hybridized carbons (Fsp3) is 0.125. The normalized spacial score (nSPS) is 11.4. The van der Waals surface area contributed by atoms with Crippen molar-refractivity contribution in [3.05, 3.63) is 58.6 Å². The van der Waals surface area contributed by atoms with Crippen molar-refractivity contribution in [1.82, 2.24) is 5.32 Å². The average Bonchev–Trinajstić information content (AvgIpc) is 2.54. The Hall–Kier alpha value is -2.54. The number of para-hydroxylation sites is 1. The van der Waals surface area contributed by atoms with Crippen molar-refractivity contribution < 1.29 is 19.4 Å². The van der Waals surface area contributed by atoms with E-state index in [9.17, 15) is 14.7 Å². The highest BCUT2D eigenvalue weighted by Crippen LogP contribution is 2.22. The Morgan fingerprint density at radius 3 is 2.57 bits per heavy atom. The summed E-state index contributed by atoms with van der Waals surface area (Å²) in [6.07, 6.45) is 0. The van der Waals surface area contributed by atoms with Crippen LogP contribution in [-0.2, 0) is 4.79 Å². The van der Waals surface area contributed by atoms with Crippen LogP contribution >= 0.6 is 15.9 Å². The standard InChI is InChI=1S/C16H15BrN2O4/c1-23-11-6-4-5-10(9-11)14(15(20)21)19-16(22)18-13-8-3-2-7-12(13)17/h2-9,14H,1H3,(H,20,21)(H2,18,19,22). The molecule has 2 aromatic carbocycles. The second-order valence-corrected chi connectivity index (χ2v) is 5.48. The zero-order valence-corrected chi connectivity index (χ0v) is 13.8. The van der Waals surface area contributed by atoms with Gasteiger partial charge in [0.25, 0.3) is 0 Å². The van der Waals surface area contributed by atoms with Crippen LogP contribution in [0.4, 0.5) is 10.5 Å². The molecule has 3 N–H and O–H groups in total. The quantitative estimate of drug-likeness (QED) is 0.743. The first-order chi connectivity index (χ1) is 11.0. The predicted molar refractivity (Wildman–Crippen MR) is 89.7 cm³/mol. The number of carbonyl (C=O) groups excluding carboxylic acids is 1. The third-order valence-electron chi connectivity index (χ3n) is 3.07. The van der Waals surface area contributed by atoms with Crippen molar-refractivity contribution in [2.24, 2.45) is 0 Å². The fourth-order valence-corrected chi connectivity index (χ4v) is 2.34. The zero-order chi connectivity index (χ0) is 16.8. The molecule has 0 heterocycles. The van der Waals surface area contributed by atoms with Gasteiger partial charge in [-0.3, -0.25) is 0 Å². The largest absolute Gasteiger partial charge is 0.497 e. The minimum Gasteiger partial charge on any atom is -0.497 e. The number of carboxylic acids is 1. The van der Waals surface area contributed by atoms with Crippen LogP contribution in [0.5, 0.6) is 5.75 Å². The highest BCUT2D eigenvalue weighted by atomic mass is 79.9. The van der Waals surface area contributed by atoms with Crippen LogP contribution in [0.3, 0.4) is 0 Å². The first kappa shape index (κ1) is 16.8. The van der Waals surface area contributed by atoms with Gasteiger partial charge in [0.1, 0.15) is 5.75 Å². The Balaban J connectivity index is 2.14. The number of urea groups is 1. The predicted octanol–water partition coefficient (Wildman–Crippen LogP) is 3.41. The third kappa shape index (κ3) is 4.46. The summed E-state index contributed by atoms with van der Waals surface area (Å²) < 4.78 is 5.77. The van der Waals surface area contributed by atoms with E-state index in [0.717, 1.165) is 0 Å². The smallest absolute Gasteiger partial charge is 0.330 e. The molecule has 7 heteroatoms. The molecule has 0 aromatic heterocycles. The van der Waals surface area contributed by atoms with Gasteiger partial charge in [0.15, 0.2) is 6.04 Å². The van der Waals surface area contributed by atoms with Crippen molar-refractivity contribution in [1.29, 1.82) is 0 Å². The molecule has 0 spiro atoms. The van der Waals surface area contributed by atoms with Gasteiger partial charge in [-0.1, -0.05) is 24.3 Å². The average molecular weight is 379 g/mol. The molecule has 1 unspecified atom stereocenters. The van der Waals surface area contributed by atoms with Crippen molar-refractivity contribution >= 4 is 33.6 Å². The van der Waals surface area contributed by atoms with Crippen LogP contribution in [0.15, 0.2) is 53.0 Å². The molecule has 1 atom stereocenters. The number of carboxylic acid groups (broad SMARTS) is 1. The molecule has 6 nitrogen and oxygen atoms in total. The molecule has 2 amide bonds. The van der Waals surface area contributed by atoms with Crippen molar-refractivity contribution in [3.8, 4) is 5.75 Å². The molecule has 0 aliphatic rings. The molecule has 0 fully saturated rings. The Morgan fingerprint density at radius 1 is 1.17 bits per heavy atom. The second kappa shape index (κ2) is 7.64. The van der Waals surface area contributed by atoms with Gasteiger partial charge >= 0.3 is 12.0 Å². The molecule has 23 heavy (non-hydrogen) atoms. The second-order valence-electron chi connectivity index (χ2n) is 4.63. The van der Waals surface area contributed by atoms with Gasteiger partial charge in [0, 0.05) is 4.47 Å². The summed E-state index contributed by atoms with van der Waals surface area (Å²) in [5.74, 6) is -0.651. The molecular weight excluding hydrogens is 364 g/mol. The van der Waals surface area contributed by atoms with E-state index in [-0.39, 0.29) is 0 Å². The lowest BCUT2D eigenvalue weighted by molar-refractivity contribution is -0.139. The summed E-state index contributed by atoms with van der Waals surface area (Å²) in [6, 6.07) is 11.8. The molecular formula is C16H15BrN2O4. The lowest BCUT2D eigenvalue weighted by Gasteiger charge is -2.16. The molecule has 0 saturated carbocycles. The lowest BCUT2D eigenvalue weighted by atomic mass is 10.1. The maximum absolute atomic E-state index is 12.1. The molecule has 0 radical (unpaired) electrons. The molecule has 0 aliphatic heterocycles. The first-order valence-corrected chi connectivity index (χ1v) is 7.49. The monoisotopic (exact) mass is 378 g/mol. The Morgan fingerprint density at radius 2 is 1.91 bits per heavy atom. The van der Waals surface area contributed by atoms with Crippen LogP contribution in [0.1, 0.15) is 11.6 Å². The number of benzene rings is 2. The summed E-state index contributed by atoms with van der Waals surface area (Å²) in [5, 5.41) is 14.4. The van der Waals surface area contributed by atoms with Gasteiger partial charge < -0.3 is 20.5 Å². The molecule has 2 aromatic rings. The van der Waals surface area contributed by atoms with Gasteiger partial charge in [-0.05, 0) is 45.8 Å². The van der Waals surface area contributed by atoms with E-state index >= 15 is 0 Å². The van der Waals surface area contributed by atoms with E-state index in [4.69, 9.17) is 4.74 Å². The van der Waals surface area contributed by atoms with Gasteiger partial charge in [-0.2, -0.15) is 0 Å². The number of methoxy groups -OCH3 is 1. The van der Waals surface area contributed by atoms with E-state index in [1.807, 2.05) is 6.07 Å². The van der Waals surface area contributed by atoms with Crippen LogP contribution in [0.25, 0.3) is 0 Å². The zero-order valence-electron chi connectivity index (χ0n) is 12.2. The van der Waals surface area contributed by atoms with E-state index < -0.39 is 18.0 Å². The summed E-state index contributed by atoms with van der Waals surface area (Å²) >= 11 is 3.31. The molecule has 120 valence electrons. The number of hydrogen-bond donors (Lipinski definition) is 3. The van der Waals surface area contributed by atoms with Crippen LogP contribution in [0, 0.1) is 0 Å². The Labute approximate surface area is 141 Å². The maximum atomic E-state index is 12.1. The van der Waals surface area contributed by atoms with Gasteiger partial charge in [0.05, 0.1) is 12.8 Å². The van der Waals surface area contributed by atoms with Crippen molar-refractivity contribution in [2.75, 3.05) is 12.4 Å². The van der Waals surface area contributed by atoms with Crippen LogP contribution < -0.4 is 15.4 Å². The van der Waals surface area contributed by atoms with Gasteiger partial charge in [-0.15, -0.1) is 0 Å². The third-order valence-corrected chi connectivity index (χ3v) is 3.76. The summed E-state index contributed by atoms with van der Waals surface area (Å²) in [4.78, 5) is 23.5. The van der Waals surface area contributed by atoms with Gasteiger partial charge in [-0.25, -0.2) is 9.59 Å². The Bertz CT molecular complexity index is 721. The highest BCUT2D eigenvalue weighted by molar-refractivity contribution is 9.10. The minimum atomic E-state index is -1.19. The maximum Gasteiger partial charge on any atom is 0.330 e. The number of rotatable bonds is 5. The van der Waals surface area contributed by atoms with E-state index in [1.54, 1.807) is 42.5 Å². The summed E-state index contributed by atoms with van der Waals surface area (Å²) in [5.41, 5.74) is 0.957. The number of carbonyl (C=O) groups is 2. The van der Waals surface area contributed by atoms with Crippen molar-refractivity contribution in [3.63, 3.8) is 0 Å².